The van der Waals surface area contributed by atoms with Gasteiger partial charge in [0.15, 0.2) is 5.82 Å². The second-order valence-corrected chi connectivity index (χ2v) is 3.46. The topological polar surface area (TPSA) is 67.4 Å². The van der Waals surface area contributed by atoms with Gasteiger partial charge in [-0.05, 0) is 6.92 Å². The van der Waals surface area contributed by atoms with E-state index in [-0.39, 0.29) is 5.91 Å². The van der Waals surface area contributed by atoms with Crippen molar-refractivity contribution in [1.29, 1.82) is 0 Å². The van der Waals surface area contributed by atoms with Crippen LogP contribution in [0.25, 0.3) is 0 Å². The summed E-state index contributed by atoms with van der Waals surface area (Å²) in [5.41, 5.74) is 0.564. The van der Waals surface area contributed by atoms with E-state index in [1.165, 1.54) is 13.4 Å². The van der Waals surface area contributed by atoms with Crippen LogP contribution in [-0.2, 0) is 4.79 Å². The summed E-state index contributed by atoms with van der Waals surface area (Å²) < 4.78 is 5.12. The molecule has 0 bridgehead atoms. The summed E-state index contributed by atoms with van der Waals surface area (Å²) in [6.07, 6.45) is 1.89. The summed E-state index contributed by atoms with van der Waals surface area (Å²) in [5, 5.41) is 2.78. The molecule has 86 valence electrons. The van der Waals surface area contributed by atoms with Crippen LogP contribution in [0.1, 0.15) is 13.3 Å². The average molecular weight is 222 g/mol. The van der Waals surface area contributed by atoms with Crippen LogP contribution in [0.4, 0.5) is 11.5 Å². The molecule has 1 amide bonds. The Morgan fingerprint density at radius 3 is 3.06 bits per heavy atom. The van der Waals surface area contributed by atoms with E-state index in [9.17, 15) is 4.79 Å². The van der Waals surface area contributed by atoms with Crippen LogP contribution < -0.4 is 15.0 Å². The molecule has 1 aromatic rings. The molecule has 0 saturated heterocycles. The number of fused-ring (bicyclic) bond motifs is 1. The van der Waals surface area contributed by atoms with Crippen molar-refractivity contribution in [2.75, 3.05) is 30.4 Å². The molecule has 6 nitrogen and oxygen atoms in total. The molecule has 2 rings (SSSR count). The van der Waals surface area contributed by atoms with E-state index in [4.69, 9.17) is 4.74 Å². The molecular formula is C10H14N4O2. The number of aromatic nitrogens is 2. The summed E-state index contributed by atoms with van der Waals surface area (Å²) >= 11 is 0. The number of nitrogens with one attached hydrogen (secondary N) is 1. The van der Waals surface area contributed by atoms with Gasteiger partial charge in [0.2, 0.25) is 11.8 Å². The van der Waals surface area contributed by atoms with Gasteiger partial charge >= 0.3 is 0 Å². The molecule has 6 heteroatoms. The number of hydrogen-bond donors (Lipinski definition) is 1. The Kier molecular flexibility index (Phi) is 2.89. The standard InChI is InChI=1S/C10H14N4O2/c1-3-14-5-4-7(15)13-8-9(14)11-6-12-10(8)16-2/h6H,3-5H2,1-2H3,(H,13,15). The van der Waals surface area contributed by atoms with E-state index in [1.807, 2.05) is 11.8 Å². The summed E-state index contributed by atoms with van der Waals surface area (Å²) in [6.45, 7) is 3.48. The molecule has 0 fully saturated rings. The lowest BCUT2D eigenvalue weighted by atomic mass is 10.4. The van der Waals surface area contributed by atoms with Crippen molar-refractivity contribution in [2.24, 2.45) is 0 Å². The number of amides is 1. The van der Waals surface area contributed by atoms with Crippen LogP contribution in [0, 0.1) is 0 Å². The van der Waals surface area contributed by atoms with Gasteiger partial charge in [-0.3, -0.25) is 4.79 Å². The monoisotopic (exact) mass is 222 g/mol. The van der Waals surface area contributed by atoms with Crippen LogP contribution in [0.2, 0.25) is 0 Å². The molecule has 0 saturated carbocycles. The minimum atomic E-state index is -0.0368. The van der Waals surface area contributed by atoms with Crippen molar-refractivity contribution in [3.05, 3.63) is 6.33 Å². The highest BCUT2D eigenvalue weighted by atomic mass is 16.5. The SMILES string of the molecule is CCN1CCC(=O)Nc2c(OC)ncnc21. The largest absolute Gasteiger partial charge is 0.479 e. The first kappa shape index (κ1) is 10.7. The number of ether oxygens (including phenoxy) is 1. The number of hydrogen-bond acceptors (Lipinski definition) is 5. The van der Waals surface area contributed by atoms with Crippen LogP contribution in [0.5, 0.6) is 5.88 Å². The second kappa shape index (κ2) is 4.34. The van der Waals surface area contributed by atoms with Gasteiger partial charge in [-0.15, -0.1) is 0 Å². The third kappa shape index (κ3) is 1.78. The smallest absolute Gasteiger partial charge is 0.242 e. The molecule has 0 spiro atoms. The lowest BCUT2D eigenvalue weighted by Gasteiger charge is -2.20. The molecule has 16 heavy (non-hydrogen) atoms. The molecule has 1 aromatic heterocycles. The van der Waals surface area contributed by atoms with Crippen molar-refractivity contribution < 1.29 is 9.53 Å². The fourth-order valence-corrected chi connectivity index (χ4v) is 1.72. The molecule has 0 radical (unpaired) electrons. The number of methoxy groups -OCH3 is 1. The lowest BCUT2D eigenvalue weighted by molar-refractivity contribution is -0.115. The summed E-state index contributed by atoms with van der Waals surface area (Å²) in [4.78, 5) is 21.7. The van der Waals surface area contributed by atoms with Crippen molar-refractivity contribution >= 4 is 17.4 Å². The highest BCUT2D eigenvalue weighted by Gasteiger charge is 2.23. The highest BCUT2D eigenvalue weighted by molar-refractivity contribution is 5.96. The van der Waals surface area contributed by atoms with Crippen molar-refractivity contribution in [3.63, 3.8) is 0 Å². The quantitative estimate of drug-likeness (QED) is 0.796. The fraction of sp³-hybridized carbons (Fsp3) is 0.500. The van der Waals surface area contributed by atoms with E-state index >= 15 is 0 Å². The molecule has 1 aliphatic heterocycles. The molecule has 1 N–H and O–H groups in total. The summed E-state index contributed by atoms with van der Waals surface area (Å²) in [7, 11) is 1.52. The van der Waals surface area contributed by atoms with Gasteiger partial charge in [0.05, 0.1) is 7.11 Å². The molecule has 0 aliphatic carbocycles. The number of nitrogens with zero attached hydrogens (tertiary/aromatic N) is 3. The maximum absolute atomic E-state index is 11.5. The van der Waals surface area contributed by atoms with E-state index < -0.39 is 0 Å². The van der Waals surface area contributed by atoms with Crippen LogP contribution in [0.3, 0.4) is 0 Å². The van der Waals surface area contributed by atoms with Crippen molar-refractivity contribution in [2.45, 2.75) is 13.3 Å². The molecular weight excluding hydrogens is 208 g/mol. The lowest BCUT2D eigenvalue weighted by Crippen LogP contribution is -2.24. The van der Waals surface area contributed by atoms with Crippen molar-refractivity contribution in [3.8, 4) is 5.88 Å². The van der Waals surface area contributed by atoms with Crippen molar-refractivity contribution in [1.82, 2.24) is 9.97 Å². The zero-order valence-corrected chi connectivity index (χ0v) is 9.36. The Balaban J connectivity index is 2.50. The Morgan fingerprint density at radius 1 is 1.56 bits per heavy atom. The minimum Gasteiger partial charge on any atom is -0.479 e. The van der Waals surface area contributed by atoms with Gasteiger partial charge < -0.3 is 15.0 Å². The Labute approximate surface area is 93.6 Å². The zero-order chi connectivity index (χ0) is 11.5. The molecule has 2 heterocycles. The van der Waals surface area contributed by atoms with Gasteiger partial charge in [0.1, 0.15) is 12.0 Å². The van der Waals surface area contributed by atoms with E-state index in [1.54, 1.807) is 0 Å². The first-order valence-corrected chi connectivity index (χ1v) is 5.20. The van der Waals surface area contributed by atoms with Gasteiger partial charge in [-0.25, -0.2) is 4.98 Å². The summed E-state index contributed by atoms with van der Waals surface area (Å²) in [6, 6.07) is 0. The van der Waals surface area contributed by atoms with Gasteiger partial charge in [-0.2, -0.15) is 4.98 Å². The maximum Gasteiger partial charge on any atom is 0.242 e. The van der Waals surface area contributed by atoms with Crippen LogP contribution in [0.15, 0.2) is 6.33 Å². The van der Waals surface area contributed by atoms with E-state index in [2.05, 4.69) is 15.3 Å². The van der Waals surface area contributed by atoms with Crippen LogP contribution in [-0.4, -0.2) is 36.1 Å². The fourth-order valence-electron chi connectivity index (χ4n) is 1.72. The number of carbonyl (C=O) groups is 1. The number of rotatable bonds is 2. The molecule has 0 unspecified atom stereocenters. The predicted octanol–water partition coefficient (Wildman–Crippen LogP) is 0.654. The first-order valence-electron chi connectivity index (χ1n) is 5.20. The maximum atomic E-state index is 11.5. The second-order valence-electron chi connectivity index (χ2n) is 3.46. The number of anilines is 2. The van der Waals surface area contributed by atoms with E-state index in [0.717, 1.165) is 12.4 Å². The Hall–Kier alpha value is -1.85. The average Bonchev–Trinajstić information content (AvgIpc) is 2.46. The highest BCUT2D eigenvalue weighted by Crippen LogP contribution is 2.32. The zero-order valence-electron chi connectivity index (χ0n) is 9.36. The summed E-state index contributed by atoms with van der Waals surface area (Å²) in [5.74, 6) is 1.09. The number of carbonyl (C=O) groups excluding carboxylic acids is 1. The third-order valence-electron chi connectivity index (χ3n) is 2.54. The third-order valence-corrected chi connectivity index (χ3v) is 2.54. The van der Waals surface area contributed by atoms with Gasteiger partial charge in [-0.1, -0.05) is 0 Å². The molecule has 1 aliphatic rings. The van der Waals surface area contributed by atoms with Crippen LogP contribution >= 0.6 is 0 Å². The van der Waals surface area contributed by atoms with E-state index in [0.29, 0.717) is 24.5 Å². The Bertz CT molecular complexity index is 408. The normalized spacial score (nSPS) is 15.1. The molecule has 0 aromatic carbocycles. The minimum absolute atomic E-state index is 0.0368. The first-order chi connectivity index (χ1) is 7.76. The molecule has 0 atom stereocenters. The predicted molar refractivity (Wildman–Crippen MR) is 59.7 cm³/mol. The Morgan fingerprint density at radius 2 is 2.38 bits per heavy atom. The van der Waals surface area contributed by atoms with Gasteiger partial charge in [0, 0.05) is 19.5 Å². The van der Waals surface area contributed by atoms with Gasteiger partial charge in [0.25, 0.3) is 0 Å².